The maximum absolute atomic E-state index is 12.5. The number of aromatic amines is 1. The van der Waals surface area contributed by atoms with Crippen molar-refractivity contribution in [2.45, 2.75) is 32.7 Å². The molecule has 1 aromatic heterocycles. The van der Waals surface area contributed by atoms with Crippen molar-refractivity contribution < 1.29 is 14.7 Å². The van der Waals surface area contributed by atoms with Gasteiger partial charge in [-0.1, -0.05) is 18.2 Å². The molecule has 0 aliphatic rings. The molecule has 5 nitrogen and oxygen atoms in total. The zero-order valence-corrected chi connectivity index (χ0v) is 12.5. The lowest BCUT2D eigenvalue weighted by Crippen LogP contribution is -2.48. The molecule has 2 rings (SSSR count). The van der Waals surface area contributed by atoms with Crippen molar-refractivity contribution in [3.05, 3.63) is 36.0 Å². The Balaban J connectivity index is 2.24. The number of carbonyl (C=O) groups excluding carboxylic acids is 1. The Morgan fingerprint density at radius 2 is 1.90 bits per heavy atom. The minimum absolute atomic E-state index is 0.186. The second kappa shape index (κ2) is 5.60. The molecule has 1 heterocycles. The normalized spacial score (nSPS) is 11.6. The highest BCUT2D eigenvalue weighted by Gasteiger charge is 2.28. The standard InChI is InChI=1S/C16H20N2O3/c1-16(2,3)18(10-15(20)21)14(19)8-11-9-17-13-7-5-4-6-12(11)13/h4-7,9,17H,8,10H2,1-3H3,(H,20,21). The summed E-state index contributed by atoms with van der Waals surface area (Å²) >= 11 is 0. The molecule has 0 saturated carbocycles. The summed E-state index contributed by atoms with van der Waals surface area (Å²) in [6, 6.07) is 7.74. The van der Waals surface area contributed by atoms with Crippen LogP contribution in [0.3, 0.4) is 0 Å². The first-order valence-corrected chi connectivity index (χ1v) is 6.86. The Kier molecular flexibility index (Phi) is 4.02. The second-order valence-electron chi connectivity index (χ2n) is 6.08. The number of carbonyl (C=O) groups is 2. The smallest absolute Gasteiger partial charge is 0.323 e. The third-order valence-electron chi connectivity index (χ3n) is 3.42. The lowest BCUT2D eigenvalue weighted by molar-refractivity contribution is -0.147. The first-order valence-electron chi connectivity index (χ1n) is 6.86. The number of aromatic nitrogens is 1. The zero-order valence-electron chi connectivity index (χ0n) is 12.5. The van der Waals surface area contributed by atoms with Gasteiger partial charge in [0.2, 0.25) is 5.91 Å². The summed E-state index contributed by atoms with van der Waals surface area (Å²) in [4.78, 5) is 28.0. The third kappa shape index (κ3) is 3.42. The molecule has 0 saturated heterocycles. The van der Waals surface area contributed by atoms with Crippen LogP contribution >= 0.6 is 0 Å². The number of carboxylic acid groups (broad SMARTS) is 1. The minimum Gasteiger partial charge on any atom is -0.480 e. The van der Waals surface area contributed by atoms with Gasteiger partial charge >= 0.3 is 5.97 Å². The molecular formula is C16H20N2O3. The molecule has 0 atom stereocenters. The van der Waals surface area contributed by atoms with E-state index in [-0.39, 0.29) is 18.9 Å². The molecule has 1 amide bonds. The van der Waals surface area contributed by atoms with Crippen LogP contribution in [-0.4, -0.2) is 39.0 Å². The number of hydrogen-bond acceptors (Lipinski definition) is 2. The maximum atomic E-state index is 12.5. The van der Waals surface area contributed by atoms with Gasteiger partial charge in [-0.25, -0.2) is 0 Å². The topological polar surface area (TPSA) is 73.4 Å². The van der Waals surface area contributed by atoms with Crippen molar-refractivity contribution in [1.29, 1.82) is 0 Å². The number of rotatable bonds is 4. The SMILES string of the molecule is CC(C)(C)N(CC(=O)O)C(=O)Cc1c[nH]c2ccccc12. The summed E-state index contributed by atoms with van der Waals surface area (Å²) in [5, 5.41) is 9.99. The molecule has 0 aliphatic heterocycles. The van der Waals surface area contributed by atoms with Gasteiger partial charge < -0.3 is 15.0 Å². The number of amides is 1. The van der Waals surface area contributed by atoms with E-state index in [1.165, 1.54) is 4.90 Å². The van der Waals surface area contributed by atoms with E-state index >= 15 is 0 Å². The maximum Gasteiger partial charge on any atom is 0.323 e. The van der Waals surface area contributed by atoms with Gasteiger partial charge in [-0.15, -0.1) is 0 Å². The van der Waals surface area contributed by atoms with E-state index in [2.05, 4.69) is 4.98 Å². The van der Waals surface area contributed by atoms with Crippen molar-refractivity contribution >= 4 is 22.8 Å². The van der Waals surface area contributed by atoms with Crippen LogP contribution in [0.15, 0.2) is 30.5 Å². The molecule has 2 aromatic rings. The Labute approximate surface area is 123 Å². The van der Waals surface area contributed by atoms with Crippen LogP contribution in [0.4, 0.5) is 0 Å². The lowest BCUT2D eigenvalue weighted by atomic mass is 10.0. The van der Waals surface area contributed by atoms with Gasteiger partial charge in [0, 0.05) is 22.6 Å². The van der Waals surface area contributed by atoms with E-state index in [1.54, 1.807) is 0 Å². The molecule has 0 spiro atoms. The van der Waals surface area contributed by atoms with Crippen molar-refractivity contribution in [3.63, 3.8) is 0 Å². The Morgan fingerprint density at radius 3 is 2.52 bits per heavy atom. The number of hydrogen-bond donors (Lipinski definition) is 2. The van der Waals surface area contributed by atoms with Crippen LogP contribution in [0.1, 0.15) is 26.3 Å². The molecule has 0 unspecified atom stereocenters. The van der Waals surface area contributed by atoms with E-state index in [0.29, 0.717) is 0 Å². The van der Waals surface area contributed by atoms with Gasteiger partial charge in [-0.2, -0.15) is 0 Å². The van der Waals surface area contributed by atoms with E-state index in [1.807, 2.05) is 51.2 Å². The van der Waals surface area contributed by atoms with Gasteiger partial charge in [-0.3, -0.25) is 9.59 Å². The van der Waals surface area contributed by atoms with Crippen molar-refractivity contribution in [3.8, 4) is 0 Å². The van der Waals surface area contributed by atoms with Gasteiger partial charge in [0.1, 0.15) is 6.54 Å². The van der Waals surface area contributed by atoms with E-state index < -0.39 is 11.5 Å². The molecule has 112 valence electrons. The average Bonchev–Trinajstić information content (AvgIpc) is 2.78. The fourth-order valence-corrected chi connectivity index (χ4v) is 2.37. The predicted molar refractivity (Wildman–Crippen MR) is 81.1 cm³/mol. The highest BCUT2D eigenvalue weighted by Crippen LogP contribution is 2.21. The Bertz CT molecular complexity index is 667. The summed E-state index contributed by atoms with van der Waals surface area (Å²) in [6.45, 7) is 5.22. The van der Waals surface area contributed by atoms with E-state index in [4.69, 9.17) is 5.11 Å². The largest absolute Gasteiger partial charge is 0.480 e. The highest BCUT2D eigenvalue weighted by molar-refractivity contribution is 5.90. The molecule has 0 radical (unpaired) electrons. The summed E-state index contributed by atoms with van der Waals surface area (Å²) < 4.78 is 0. The second-order valence-corrected chi connectivity index (χ2v) is 6.08. The molecular weight excluding hydrogens is 268 g/mol. The van der Waals surface area contributed by atoms with Gasteiger partial charge in [-0.05, 0) is 32.4 Å². The lowest BCUT2D eigenvalue weighted by Gasteiger charge is -2.34. The van der Waals surface area contributed by atoms with Crippen molar-refractivity contribution in [2.75, 3.05) is 6.54 Å². The predicted octanol–water partition coefficient (Wildman–Crippen LogP) is 2.42. The van der Waals surface area contributed by atoms with Crippen molar-refractivity contribution in [2.24, 2.45) is 0 Å². The molecule has 5 heteroatoms. The monoisotopic (exact) mass is 288 g/mol. The van der Waals surface area contributed by atoms with Gasteiger partial charge in [0.15, 0.2) is 0 Å². The molecule has 0 aliphatic carbocycles. The van der Waals surface area contributed by atoms with Crippen molar-refractivity contribution in [1.82, 2.24) is 9.88 Å². The number of nitrogens with one attached hydrogen (secondary N) is 1. The molecule has 0 bridgehead atoms. The van der Waals surface area contributed by atoms with Crippen LogP contribution in [0.5, 0.6) is 0 Å². The zero-order chi connectivity index (χ0) is 15.6. The highest BCUT2D eigenvalue weighted by atomic mass is 16.4. The van der Waals surface area contributed by atoms with Crippen LogP contribution < -0.4 is 0 Å². The molecule has 1 aromatic carbocycles. The molecule has 2 N–H and O–H groups in total. The first-order chi connectivity index (χ1) is 9.79. The Morgan fingerprint density at radius 1 is 1.24 bits per heavy atom. The first kappa shape index (κ1) is 15.1. The average molecular weight is 288 g/mol. The van der Waals surface area contributed by atoms with Gasteiger partial charge in [0.25, 0.3) is 0 Å². The Hall–Kier alpha value is -2.30. The van der Waals surface area contributed by atoms with Gasteiger partial charge in [0.05, 0.1) is 6.42 Å². The summed E-state index contributed by atoms with van der Waals surface area (Å²) in [7, 11) is 0. The number of para-hydroxylation sites is 1. The van der Waals surface area contributed by atoms with Crippen LogP contribution in [0.25, 0.3) is 10.9 Å². The number of fused-ring (bicyclic) bond motifs is 1. The minimum atomic E-state index is -1.00. The fourth-order valence-electron chi connectivity index (χ4n) is 2.37. The summed E-state index contributed by atoms with van der Waals surface area (Å²) in [6.07, 6.45) is 2.00. The number of aliphatic carboxylic acids is 1. The fraction of sp³-hybridized carbons (Fsp3) is 0.375. The number of nitrogens with zero attached hydrogens (tertiary/aromatic N) is 1. The van der Waals surface area contributed by atoms with Crippen LogP contribution in [0.2, 0.25) is 0 Å². The van der Waals surface area contributed by atoms with Crippen LogP contribution in [0, 0.1) is 0 Å². The number of benzene rings is 1. The summed E-state index contributed by atoms with van der Waals surface area (Å²) in [5.41, 5.74) is 1.33. The quantitative estimate of drug-likeness (QED) is 0.907. The number of H-pyrrole nitrogens is 1. The summed E-state index contributed by atoms with van der Waals surface area (Å²) in [5.74, 6) is -1.19. The number of carboxylic acids is 1. The molecule has 0 fully saturated rings. The van der Waals surface area contributed by atoms with E-state index in [9.17, 15) is 9.59 Å². The third-order valence-corrected chi connectivity index (χ3v) is 3.42. The molecule has 21 heavy (non-hydrogen) atoms. The van der Waals surface area contributed by atoms with Crippen LogP contribution in [-0.2, 0) is 16.0 Å². The van der Waals surface area contributed by atoms with E-state index in [0.717, 1.165) is 16.5 Å².